The van der Waals surface area contributed by atoms with E-state index in [-0.39, 0.29) is 0 Å². The third-order valence-corrected chi connectivity index (χ3v) is 4.19. The van der Waals surface area contributed by atoms with Crippen LogP contribution in [-0.2, 0) is 10.0 Å². The van der Waals surface area contributed by atoms with Crippen LogP contribution in [0.25, 0.3) is 0 Å². The number of hydrogen-bond acceptors (Lipinski definition) is 3. The zero-order chi connectivity index (χ0) is 10.6. The molecule has 84 valence electrons. The number of nitrogens with one attached hydrogen (secondary N) is 1. The summed E-state index contributed by atoms with van der Waals surface area (Å²) in [5, 5.41) is 3.30. The number of nitrogens with zero attached hydrogens (tertiary/aromatic N) is 1. The van der Waals surface area contributed by atoms with Crippen molar-refractivity contribution >= 4 is 10.0 Å². The Morgan fingerprint density at radius 3 is 2.43 bits per heavy atom. The minimum Gasteiger partial charge on any atom is -0.317 e. The predicted molar refractivity (Wildman–Crippen MR) is 57.7 cm³/mol. The van der Waals surface area contributed by atoms with E-state index in [1.54, 1.807) is 7.05 Å². The fraction of sp³-hybridized carbons (Fsp3) is 1.00. The lowest BCUT2D eigenvalue weighted by atomic mass is 9.95. The van der Waals surface area contributed by atoms with Crippen molar-refractivity contribution < 1.29 is 8.42 Å². The zero-order valence-corrected chi connectivity index (χ0v) is 9.81. The Hall–Kier alpha value is -0.130. The number of sulfonamides is 1. The zero-order valence-electron chi connectivity index (χ0n) is 8.99. The average Bonchev–Trinajstić information content (AvgIpc) is 2.14. The summed E-state index contributed by atoms with van der Waals surface area (Å²) in [6.45, 7) is 2.81. The van der Waals surface area contributed by atoms with E-state index in [0.29, 0.717) is 12.5 Å². The molecule has 0 saturated carbocycles. The fourth-order valence-corrected chi connectivity index (χ4v) is 2.14. The lowest BCUT2D eigenvalue weighted by molar-refractivity contribution is 0.326. The molecule has 0 bridgehead atoms. The van der Waals surface area contributed by atoms with Gasteiger partial charge in [0.2, 0.25) is 10.0 Å². The van der Waals surface area contributed by atoms with Crippen molar-refractivity contribution in [2.24, 2.45) is 5.92 Å². The SMILES string of the molecule is CN(CCC1CCNCC1)S(C)(=O)=O. The lowest BCUT2D eigenvalue weighted by Crippen LogP contribution is -2.32. The molecule has 1 heterocycles. The first-order valence-corrected chi connectivity index (χ1v) is 6.97. The van der Waals surface area contributed by atoms with Gasteiger partial charge in [-0.2, -0.15) is 0 Å². The van der Waals surface area contributed by atoms with Crippen molar-refractivity contribution in [1.82, 2.24) is 9.62 Å². The maximum absolute atomic E-state index is 11.1. The first-order chi connectivity index (χ1) is 6.50. The highest BCUT2D eigenvalue weighted by Gasteiger charge is 2.16. The van der Waals surface area contributed by atoms with Crippen LogP contribution in [0.1, 0.15) is 19.3 Å². The quantitative estimate of drug-likeness (QED) is 0.740. The van der Waals surface area contributed by atoms with Gasteiger partial charge in [0.15, 0.2) is 0 Å². The molecule has 0 unspecified atom stereocenters. The molecule has 1 aliphatic rings. The molecule has 0 aromatic heterocycles. The van der Waals surface area contributed by atoms with Gasteiger partial charge in [-0.25, -0.2) is 12.7 Å². The summed E-state index contributed by atoms with van der Waals surface area (Å²) in [5.74, 6) is 0.695. The molecule has 0 aromatic rings. The maximum atomic E-state index is 11.1. The molecule has 14 heavy (non-hydrogen) atoms. The third kappa shape index (κ3) is 3.94. The van der Waals surface area contributed by atoms with Crippen molar-refractivity contribution in [1.29, 1.82) is 0 Å². The Morgan fingerprint density at radius 2 is 1.93 bits per heavy atom. The summed E-state index contributed by atoms with van der Waals surface area (Å²) in [6, 6.07) is 0. The summed E-state index contributed by atoms with van der Waals surface area (Å²) in [7, 11) is -1.34. The van der Waals surface area contributed by atoms with Crippen LogP contribution in [0.3, 0.4) is 0 Å². The van der Waals surface area contributed by atoms with Crippen molar-refractivity contribution in [2.75, 3.05) is 32.9 Å². The fourth-order valence-electron chi connectivity index (χ4n) is 1.70. The standard InChI is InChI=1S/C9H20N2O2S/c1-11(14(2,12)13)8-5-9-3-6-10-7-4-9/h9-10H,3-8H2,1-2H3. The highest BCUT2D eigenvalue weighted by molar-refractivity contribution is 7.88. The highest BCUT2D eigenvalue weighted by Crippen LogP contribution is 2.16. The van der Waals surface area contributed by atoms with E-state index in [9.17, 15) is 8.42 Å². The number of piperidine rings is 1. The van der Waals surface area contributed by atoms with E-state index in [2.05, 4.69) is 5.32 Å². The van der Waals surface area contributed by atoms with Crippen LogP contribution in [0.15, 0.2) is 0 Å². The minimum atomic E-state index is -2.99. The first-order valence-electron chi connectivity index (χ1n) is 5.12. The minimum absolute atomic E-state index is 0.656. The second kappa shape index (κ2) is 5.09. The molecular weight excluding hydrogens is 200 g/mol. The predicted octanol–water partition coefficient (Wildman–Crippen LogP) is 0.267. The van der Waals surface area contributed by atoms with Gasteiger partial charge in [-0.3, -0.25) is 0 Å². The van der Waals surface area contributed by atoms with Crippen LogP contribution in [-0.4, -0.2) is 45.7 Å². The highest BCUT2D eigenvalue weighted by atomic mass is 32.2. The van der Waals surface area contributed by atoms with Crippen LogP contribution in [0.5, 0.6) is 0 Å². The van der Waals surface area contributed by atoms with Gasteiger partial charge in [-0.05, 0) is 38.3 Å². The molecule has 5 heteroatoms. The summed E-state index contributed by atoms with van der Waals surface area (Å²) in [5.41, 5.74) is 0. The monoisotopic (exact) mass is 220 g/mol. The molecule has 0 radical (unpaired) electrons. The van der Waals surface area contributed by atoms with Crippen LogP contribution >= 0.6 is 0 Å². The molecule has 1 saturated heterocycles. The largest absolute Gasteiger partial charge is 0.317 e. The first kappa shape index (κ1) is 11.9. The van der Waals surface area contributed by atoms with E-state index in [4.69, 9.17) is 0 Å². The smallest absolute Gasteiger partial charge is 0.210 e. The summed E-state index contributed by atoms with van der Waals surface area (Å²) in [6.07, 6.45) is 4.61. The molecule has 0 amide bonds. The average molecular weight is 220 g/mol. The van der Waals surface area contributed by atoms with Gasteiger partial charge in [-0.15, -0.1) is 0 Å². The van der Waals surface area contributed by atoms with E-state index in [0.717, 1.165) is 19.5 Å². The van der Waals surface area contributed by atoms with Gasteiger partial charge in [0, 0.05) is 13.6 Å². The summed E-state index contributed by atoms with van der Waals surface area (Å²) >= 11 is 0. The molecule has 0 aliphatic carbocycles. The molecular formula is C9H20N2O2S. The summed E-state index contributed by atoms with van der Waals surface area (Å²) in [4.78, 5) is 0. The van der Waals surface area contributed by atoms with Gasteiger partial charge in [0.05, 0.1) is 6.26 Å². The van der Waals surface area contributed by atoms with Crippen molar-refractivity contribution in [3.8, 4) is 0 Å². The molecule has 1 aliphatic heterocycles. The molecule has 4 nitrogen and oxygen atoms in total. The Bertz CT molecular complexity index is 258. The van der Waals surface area contributed by atoms with E-state index in [1.165, 1.54) is 23.4 Å². The molecule has 1 N–H and O–H groups in total. The molecule has 1 rings (SSSR count). The molecule has 0 spiro atoms. The molecule has 1 fully saturated rings. The van der Waals surface area contributed by atoms with Gasteiger partial charge < -0.3 is 5.32 Å². The Kier molecular flexibility index (Phi) is 4.34. The van der Waals surface area contributed by atoms with Crippen molar-refractivity contribution in [3.05, 3.63) is 0 Å². The van der Waals surface area contributed by atoms with E-state index in [1.807, 2.05) is 0 Å². The molecule has 0 aromatic carbocycles. The van der Waals surface area contributed by atoms with E-state index >= 15 is 0 Å². The normalized spacial score (nSPS) is 20.2. The maximum Gasteiger partial charge on any atom is 0.210 e. The van der Waals surface area contributed by atoms with Crippen LogP contribution in [0, 0.1) is 5.92 Å². The Balaban J connectivity index is 2.25. The second-order valence-electron chi connectivity index (χ2n) is 4.07. The van der Waals surface area contributed by atoms with E-state index < -0.39 is 10.0 Å². The van der Waals surface area contributed by atoms with Crippen molar-refractivity contribution in [3.63, 3.8) is 0 Å². The van der Waals surface area contributed by atoms with Gasteiger partial charge in [0.25, 0.3) is 0 Å². The summed E-state index contributed by atoms with van der Waals surface area (Å²) < 4.78 is 23.7. The lowest BCUT2D eigenvalue weighted by Gasteiger charge is -2.24. The number of rotatable bonds is 4. The van der Waals surface area contributed by atoms with Crippen LogP contribution < -0.4 is 5.32 Å². The van der Waals surface area contributed by atoms with Gasteiger partial charge >= 0.3 is 0 Å². The number of hydrogen-bond donors (Lipinski definition) is 1. The van der Waals surface area contributed by atoms with Gasteiger partial charge in [0.1, 0.15) is 0 Å². The van der Waals surface area contributed by atoms with Crippen LogP contribution in [0.4, 0.5) is 0 Å². The Morgan fingerprint density at radius 1 is 1.36 bits per heavy atom. The third-order valence-electron chi connectivity index (χ3n) is 2.88. The topological polar surface area (TPSA) is 49.4 Å². The van der Waals surface area contributed by atoms with Crippen molar-refractivity contribution in [2.45, 2.75) is 19.3 Å². The van der Waals surface area contributed by atoms with Crippen LogP contribution in [0.2, 0.25) is 0 Å². The van der Waals surface area contributed by atoms with Gasteiger partial charge in [-0.1, -0.05) is 0 Å². The second-order valence-corrected chi connectivity index (χ2v) is 6.16. The molecule has 0 atom stereocenters. The Labute approximate surface area is 86.7 Å².